The smallest absolute Gasteiger partial charge is 0.335 e. The van der Waals surface area contributed by atoms with Gasteiger partial charge in [-0.05, 0) is 35.9 Å². The minimum atomic E-state index is -0.926. The van der Waals surface area contributed by atoms with Crippen LogP contribution in [0.1, 0.15) is 22.8 Å². The molecule has 2 aromatic carbocycles. The summed E-state index contributed by atoms with van der Waals surface area (Å²) in [6.07, 6.45) is 1.97. The van der Waals surface area contributed by atoms with Gasteiger partial charge in [-0.2, -0.15) is 0 Å². The number of halogens is 1. The third kappa shape index (κ3) is 2.48. The molecule has 0 unspecified atom stereocenters. The Morgan fingerprint density at radius 2 is 2.05 bits per heavy atom. The molecule has 0 spiro atoms. The Morgan fingerprint density at radius 3 is 2.73 bits per heavy atom. The average Bonchev–Trinajstić information content (AvgIpc) is 2.45. The van der Waals surface area contributed by atoms with E-state index in [2.05, 4.69) is 4.90 Å². The molecule has 0 bridgehead atoms. The Kier molecular flexibility index (Phi) is 3.67. The molecule has 4 heteroatoms. The van der Waals surface area contributed by atoms with Gasteiger partial charge in [-0.3, -0.25) is 0 Å². The van der Waals surface area contributed by atoms with Gasteiger partial charge in [-0.25, -0.2) is 4.79 Å². The number of carboxylic acids is 1. The van der Waals surface area contributed by atoms with Gasteiger partial charge in [0, 0.05) is 19.2 Å². The van der Waals surface area contributed by atoms with Crippen molar-refractivity contribution in [2.45, 2.75) is 6.92 Å². The first kappa shape index (κ1) is 14.7. The fraction of sp³-hybridized carbons (Fsp3) is 0.167. The van der Waals surface area contributed by atoms with Crippen molar-refractivity contribution in [1.82, 2.24) is 4.90 Å². The number of benzene rings is 2. The summed E-state index contributed by atoms with van der Waals surface area (Å²) in [4.78, 5) is 13.3. The summed E-state index contributed by atoms with van der Waals surface area (Å²) in [5.41, 5.74) is 3.36. The predicted molar refractivity (Wildman–Crippen MR) is 90.1 cm³/mol. The van der Waals surface area contributed by atoms with Crippen LogP contribution in [0.3, 0.4) is 0 Å². The van der Waals surface area contributed by atoms with E-state index < -0.39 is 5.97 Å². The van der Waals surface area contributed by atoms with Gasteiger partial charge in [0.1, 0.15) is 0 Å². The molecule has 1 heterocycles. The quantitative estimate of drug-likeness (QED) is 0.896. The number of allylic oxidation sites excluding steroid dienone is 2. The van der Waals surface area contributed by atoms with Crippen molar-refractivity contribution in [2.75, 3.05) is 13.6 Å². The third-order valence-electron chi connectivity index (χ3n) is 3.85. The highest BCUT2D eigenvalue weighted by molar-refractivity contribution is 6.34. The zero-order chi connectivity index (χ0) is 15.9. The van der Waals surface area contributed by atoms with Crippen LogP contribution in [0.5, 0.6) is 0 Å². The molecule has 0 atom stereocenters. The van der Waals surface area contributed by atoms with Crippen LogP contribution in [-0.2, 0) is 0 Å². The Hall–Kier alpha value is -2.26. The molecule has 3 rings (SSSR count). The van der Waals surface area contributed by atoms with Gasteiger partial charge in [0.05, 0.1) is 16.3 Å². The highest BCUT2D eigenvalue weighted by Gasteiger charge is 2.19. The molecule has 112 valence electrons. The Labute approximate surface area is 134 Å². The van der Waals surface area contributed by atoms with E-state index in [-0.39, 0.29) is 5.56 Å². The van der Waals surface area contributed by atoms with Crippen molar-refractivity contribution in [3.05, 3.63) is 64.2 Å². The summed E-state index contributed by atoms with van der Waals surface area (Å²) in [5, 5.41) is 11.8. The molecule has 0 amide bonds. The summed E-state index contributed by atoms with van der Waals surface area (Å²) in [7, 11) is 1.99. The average molecular weight is 314 g/mol. The topological polar surface area (TPSA) is 40.5 Å². The molecule has 0 fully saturated rings. The van der Waals surface area contributed by atoms with Crippen molar-refractivity contribution < 1.29 is 9.90 Å². The van der Waals surface area contributed by atoms with Crippen molar-refractivity contribution in [3.63, 3.8) is 0 Å². The summed E-state index contributed by atoms with van der Waals surface area (Å²) >= 11 is 6.45. The number of hydrogen-bond donors (Lipinski definition) is 1. The lowest BCUT2D eigenvalue weighted by atomic mass is 9.97. The van der Waals surface area contributed by atoms with Gasteiger partial charge >= 0.3 is 5.97 Å². The fourth-order valence-electron chi connectivity index (χ4n) is 2.91. The Balaban J connectivity index is 2.29. The van der Waals surface area contributed by atoms with Crippen LogP contribution in [-0.4, -0.2) is 29.6 Å². The van der Waals surface area contributed by atoms with Crippen molar-refractivity contribution >= 4 is 34.0 Å². The second-order valence-electron chi connectivity index (χ2n) is 5.59. The second-order valence-corrected chi connectivity index (χ2v) is 6.00. The van der Waals surface area contributed by atoms with Crippen molar-refractivity contribution in [1.29, 1.82) is 0 Å². The summed E-state index contributed by atoms with van der Waals surface area (Å²) in [6.45, 7) is 2.85. The van der Waals surface area contributed by atoms with Crippen molar-refractivity contribution in [3.8, 4) is 0 Å². The van der Waals surface area contributed by atoms with E-state index in [1.807, 2.05) is 44.3 Å². The Bertz CT molecular complexity index is 836. The summed E-state index contributed by atoms with van der Waals surface area (Å²) < 4.78 is 0. The third-order valence-corrected chi connectivity index (χ3v) is 4.14. The van der Waals surface area contributed by atoms with Crippen LogP contribution in [0, 0.1) is 0 Å². The van der Waals surface area contributed by atoms with Gasteiger partial charge in [0.2, 0.25) is 0 Å². The first-order valence-corrected chi connectivity index (χ1v) is 7.39. The molecule has 3 nitrogen and oxygen atoms in total. The first-order chi connectivity index (χ1) is 10.5. The molecule has 1 N–H and O–H groups in total. The number of nitrogens with zero attached hydrogens (tertiary/aromatic N) is 1. The number of fused-ring (bicyclic) bond motifs is 1. The first-order valence-electron chi connectivity index (χ1n) is 7.02. The van der Waals surface area contributed by atoms with E-state index in [0.717, 1.165) is 28.6 Å². The predicted octanol–water partition coefficient (Wildman–Crippen LogP) is 4.34. The maximum atomic E-state index is 11.2. The molecule has 0 radical (unpaired) electrons. The van der Waals surface area contributed by atoms with Gasteiger partial charge in [-0.15, -0.1) is 0 Å². The van der Waals surface area contributed by atoms with Crippen LogP contribution >= 0.6 is 11.6 Å². The lowest BCUT2D eigenvalue weighted by Crippen LogP contribution is -2.22. The van der Waals surface area contributed by atoms with E-state index in [9.17, 15) is 9.90 Å². The standard InChI is InChI=1S/C18H16ClNO2/c1-11-8-16(19)17(20(2)10-11)14-5-3-4-12-6-7-13(18(21)22)9-15(12)14/h3-9H,10H2,1-2H3,(H,21,22). The number of aromatic carboxylic acids is 1. The normalized spacial score (nSPS) is 15.2. The number of rotatable bonds is 2. The number of hydrogen-bond acceptors (Lipinski definition) is 2. The van der Waals surface area contributed by atoms with E-state index in [1.54, 1.807) is 12.1 Å². The monoisotopic (exact) mass is 313 g/mol. The summed E-state index contributed by atoms with van der Waals surface area (Å²) in [5.74, 6) is -0.926. The van der Waals surface area contributed by atoms with Crippen molar-refractivity contribution in [2.24, 2.45) is 0 Å². The van der Waals surface area contributed by atoms with Gasteiger partial charge in [0.25, 0.3) is 0 Å². The lowest BCUT2D eigenvalue weighted by Gasteiger charge is -2.28. The zero-order valence-corrected chi connectivity index (χ0v) is 13.2. The molecule has 0 aromatic heterocycles. The fourth-order valence-corrected chi connectivity index (χ4v) is 3.34. The minimum absolute atomic E-state index is 0.279. The van der Waals surface area contributed by atoms with E-state index in [4.69, 9.17) is 11.6 Å². The maximum absolute atomic E-state index is 11.2. The molecule has 1 aliphatic heterocycles. The minimum Gasteiger partial charge on any atom is -0.478 e. The van der Waals surface area contributed by atoms with Gasteiger partial charge in [0.15, 0.2) is 0 Å². The van der Waals surface area contributed by atoms with E-state index in [1.165, 1.54) is 5.57 Å². The van der Waals surface area contributed by atoms with Crippen LogP contribution in [0.2, 0.25) is 0 Å². The molecule has 1 aliphatic rings. The number of likely N-dealkylation sites (N-methyl/N-ethyl adjacent to an activating group) is 1. The highest BCUT2D eigenvalue weighted by Crippen LogP contribution is 2.34. The summed E-state index contributed by atoms with van der Waals surface area (Å²) in [6, 6.07) is 11.1. The second kappa shape index (κ2) is 5.50. The van der Waals surface area contributed by atoms with Crippen LogP contribution in [0.4, 0.5) is 0 Å². The van der Waals surface area contributed by atoms with Crippen LogP contribution in [0.15, 0.2) is 53.1 Å². The van der Waals surface area contributed by atoms with E-state index in [0.29, 0.717) is 5.03 Å². The SMILES string of the molecule is CC1=CC(Cl)=C(c2cccc3ccc(C(=O)O)cc23)N(C)C1. The lowest BCUT2D eigenvalue weighted by molar-refractivity contribution is 0.0697. The van der Waals surface area contributed by atoms with Gasteiger partial charge < -0.3 is 10.0 Å². The molecule has 0 saturated heterocycles. The van der Waals surface area contributed by atoms with Crippen LogP contribution < -0.4 is 0 Å². The molecule has 0 saturated carbocycles. The molecule has 0 aliphatic carbocycles. The molecule has 22 heavy (non-hydrogen) atoms. The Morgan fingerprint density at radius 1 is 1.27 bits per heavy atom. The van der Waals surface area contributed by atoms with Crippen LogP contribution in [0.25, 0.3) is 16.5 Å². The number of carbonyl (C=O) groups is 1. The largest absolute Gasteiger partial charge is 0.478 e. The maximum Gasteiger partial charge on any atom is 0.335 e. The van der Waals surface area contributed by atoms with Gasteiger partial charge in [-0.1, -0.05) is 41.4 Å². The molecule has 2 aromatic rings. The molecular formula is C18H16ClNO2. The highest BCUT2D eigenvalue weighted by atomic mass is 35.5. The van der Waals surface area contributed by atoms with E-state index >= 15 is 0 Å². The zero-order valence-electron chi connectivity index (χ0n) is 12.4. The number of carboxylic acid groups (broad SMARTS) is 1. The molecular weight excluding hydrogens is 298 g/mol.